The van der Waals surface area contributed by atoms with E-state index in [1.165, 1.54) is 0 Å². The van der Waals surface area contributed by atoms with Gasteiger partial charge >= 0.3 is 12.1 Å². The topological polar surface area (TPSA) is 90.7 Å². The molecule has 5 rings (SSSR count). The van der Waals surface area contributed by atoms with Gasteiger partial charge in [-0.2, -0.15) is 0 Å². The molecule has 1 N–H and O–H groups in total. The minimum absolute atomic E-state index is 0.0523. The molecule has 1 amide bonds. The van der Waals surface area contributed by atoms with Crippen LogP contribution in [0.3, 0.4) is 0 Å². The number of aryl methyl sites for hydroxylation is 1. The van der Waals surface area contributed by atoms with Gasteiger partial charge in [0.25, 0.3) is 0 Å². The second kappa shape index (κ2) is 10.9. The molecule has 38 heavy (non-hydrogen) atoms. The van der Waals surface area contributed by atoms with E-state index in [2.05, 4.69) is 10.5 Å². The van der Waals surface area contributed by atoms with Crippen LogP contribution in [0.4, 0.5) is 4.79 Å². The van der Waals surface area contributed by atoms with E-state index >= 15 is 0 Å². The first kappa shape index (κ1) is 25.3. The van der Waals surface area contributed by atoms with E-state index < -0.39 is 11.5 Å². The Kier molecular flexibility index (Phi) is 7.26. The van der Waals surface area contributed by atoms with Crippen molar-refractivity contribution in [2.75, 3.05) is 6.61 Å². The lowest BCUT2D eigenvalue weighted by Crippen LogP contribution is -2.23. The molecule has 1 heterocycles. The highest BCUT2D eigenvalue weighted by atomic mass is 16.5. The Morgan fingerprint density at radius 1 is 0.895 bits per heavy atom. The van der Waals surface area contributed by atoms with Gasteiger partial charge in [-0.3, -0.25) is 4.79 Å². The van der Waals surface area contributed by atoms with Gasteiger partial charge in [-0.25, -0.2) is 4.79 Å². The van der Waals surface area contributed by atoms with Crippen LogP contribution in [0.15, 0.2) is 83.4 Å². The fraction of sp³-hybridized carbons (Fsp3) is 0.258. The molecule has 0 radical (unpaired) electrons. The minimum Gasteiger partial charge on any atom is -0.465 e. The summed E-state index contributed by atoms with van der Waals surface area (Å²) in [5, 5.41) is 6.84. The van der Waals surface area contributed by atoms with E-state index in [1.807, 2.05) is 92.7 Å². The summed E-state index contributed by atoms with van der Waals surface area (Å²) in [4.78, 5) is 24.6. The molecule has 0 saturated heterocycles. The molecular weight excluding hydrogens is 480 g/mol. The number of esters is 1. The van der Waals surface area contributed by atoms with Gasteiger partial charge in [0.2, 0.25) is 0 Å². The van der Waals surface area contributed by atoms with Crippen LogP contribution >= 0.6 is 0 Å². The van der Waals surface area contributed by atoms with E-state index in [-0.39, 0.29) is 12.6 Å². The van der Waals surface area contributed by atoms with Gasteiger partial charge in [-0.05, 0) is 48.9 Å². The normalized spacial score (nSPS) is 13.5. The van der Waals surface area contributed by atoms with Crippen LogP contribution in [0.25, 0.3) is 22.5 Å². The third-order valence-corrected chi connectivity index (χ3v) is 6.95. The summed E-state index contributed by atoms with van der Waals surface area (Å²) in [5.74, 6) is 0.443. The molecule has 1 fully saturated rings. The summed E-state index contributed by atoms with van der Waals surface area (Å²) in [5.41, 5.74) is 5.85. The van der Waals surface area contributed by atoms with Gasteiger partial charge in [0, 0.05) is 12.1 Å². The Morgan fingerprint density at radius 2 is 1.53 bits per heavy atom. The van der Waals surface area contributed by atoms with Gasteiger partial charge in [-0.1, -0.05) is 84.0 Å². The van der Waals surface area contributed by atoms with Crippen LogP contribution in [0.1, 0.15) is 42.1 Å². The Hall–Kier alpha value is -4.39. The Balaban J connectivity index is 1.24. The van der Waals surface area contributed by atoms with Crippen LogP contribution < -0.4 is 5.32 Å². The highest BCUT2D eigenvalue weighted by Gasteiger charge is 2.52. The zero-order valence-corrected chi connectivity index (χ0v) is 21.5. The number of carbonyl (C=O) groups excluding carboxylic acids is 2. The second-order valence-electron chi connectivity index (χ2n) is 9.45. The largest absolute Gasteiger partial charge is 0.465 e. The molecule has 0 spiro atoms. The average molecular weight is 511 g/mol. The predicted molar refractivity (Wildman–Crippen MR) is 143 cm³/mol. The molecule has 194 valence electrons. The van der Waals surface area contributed by atoms with Crippen LogP contribution in [-0.2, 0) is 32.8 Å². The lowest BCUT2D eigenvalue weighted by atomic mass is 9.93. The van der Waals surface area contributed by atoms with Crippen molar-refractivity contribution in [1.29, 1.82) is 0 Å². The van der Waals surface area contributed by atoms with Crippen LogP contribution in [0.5, 0.6) is 0 Å². The van der Waals surface area contributed by atoms with E-state index in [1.54, 1.807) is 0 Å². The quantitative estimate of drug-likeness (QED) is 0.264. The molecule has 0 bridgehead atoms. The molecule has 3 aromatic carbocycles. The first-order valence-corrected chi connectivity index (χ1v) is 12.8. The molecule has 1 aromatic heterocycles. The number of ether oxygens (including phenoxy) is 2. The number of nitrogens with zero attached hydrogens (tertiary/aromatic N) is 1. The molecule has 4 aromatic rings. The van der Waals surface area contributed by atoms with Crippen molar-refractivity contribution in [3.8, 4) is 22.5 Å². The Bertz CT molecular complexity index is 1410. The van der Waals surface area contributed by atoms with Gasteiger partial charge in [0.05, 0.1) is 23.3 Å². The summed E-state index contributed by atoms with van der Waals surface area (Å²) >= 11 is 0. The van der Waals surface area contributed by atoms with Crippen LogP contribution in [0, 0.1) is 6.92 Å². The van der Waals surface area contributed by atoms with Crippen molar-refractivity contribution in [3.05, 3.63) is 101 Å². The number of hydrogen-bond acceptors (Lipinski definition) is 6. The number of aromatic nitrogens is 1. The van der Waals surface area contributed by atoms with Crippen molar-refractivity contribution in [3.63, 3.8) is 0 Å². The average Bonchev–Trinajstić information content (AvgIpc) is 3.69. The molecule has 1 saturated carbocycles. The predicted octanol–water partition coefficient (Wildman–Crippen LogP) is 6.34. The van der Waals surface area contributed by atoms with Crippen molar-refractivity contribution >= 4 is 12.1 Å². The number of rotatable bonds is 9. The van der Waals surface area contributed by atoms with Gasteiger partial charge in [0.15, 0.2) is 5.76 Å². The lowest BCUT2D eigenvalue weighted by Gasteiger charge is -2.14. The third kappa shape index (κ3) is 5.32. The summed E-state index contributed by atoms with van der Waals surface area (Å²) in [6.07, 6.45) is 1.16. The second-order valence-corrected chi connectivity index (χ2v) is 9.45. The number of nitrogens with one attached hydrogen (secondary N) is 1. The molecule has 7 heteroatoms. The maximum Gasteiger partial charge on any atom is 0.407 e. The van der Waals surface area contributed by atoms with Crippen molar-refractivity contribution < 1.29 is 23.6 Å². The molecular formula is C31H30N2O5. The lowest BCUT2D eigenvalue weighted by molar-refractivity contribution is -0.146. The fourth-order valence-corrected chi connectivity index (χ4v) is 4.55. The van der Waals surface area contributed by atoms with Gasteiger partial charge in [0.1, 0.15) is 6.61 Å². The number of alkyl carbamates (subject to hydrolysis) is 1. The van der Waals surface area contributed by atoms with E-state index in [0.29, 0.717) is 24.6 Å². The molecule has 7 nitrogen and oxygen atoms in total. The van der Waals surface area contributed by atoms with E-state index in [9.17, 15) is 9.59 Å². The summed E-state index contributed by atoms with van der Waals surface area (Å²) < 4.78 is 16.3. The number of hydrogen-bond donors (Lipinski definition) is 1. The zero-order chi connectivity index (χ0) is 26.5. The maximum absolute atomic E-state index is 12.4. The monoisotopic (exact) mass is 510 g/mol. The summed E-state index contributed by atoms with van der Waals surface area (Å²) in [6, 6.07) is 25.7. The fourth-order valence-electron chi connectivity index (χ4n) is 4.55. The third-order valence-electron chi connectivity index (χ3n) is 6.95. The van der Waals surface area contributed by atoms with Crippen molar-refractivity contribution in [1.82, 2.24) is 10.5 Å². The summed E-state index contributed by atoms with van der Waals surface area (Å²) in [6.45, 7) is 4.50. The molecule has 0 aliphatic heterocycles. The standard InChI is InChI=1S/C31H30N2O5/c1-3-36-29(34)31(17-18-31)26-15-13-24(14-16-26)23-9-11-25(12-10-23)28-27(21(2)33-38-28)20-37-30(35)32-19-22-7-5-4-6-8-22/h4-16H,3,17-20H2,1-2H3,(H,32,35). The van der Waals surface area contributed by atoms with Gasteiger partial charge in [-0.15, -0.1) is 0 Å². The molecule has 1 aliphatic carbocycles. The van der Waals surface area contributed by atoms with E-state index in [0.717, 1.165) is 46.2 Å². The Labute approximate surface area is 221 Å². The van der Waals surface area contributed by atoms with Gasteiger partial charge < -0.3 is 19.3 Å². The first-order chi connectivity index (χ1) is 18.5. The zero-order valence-electron chi connectivity index (χ0n) is 21.5. The van der Waals surface area contributed by atoms with E-state index in [4.69, 9.17) is 14.0 Å². The summed E-state index contributed by atoms with van der Waals surface area (Å²) in [7, 11) is 0. The molecule has 0 atom stereocenters. The Morgan fingerprint density at radius 3 is 2.16 bits per heavy atom. The van der Waals surface area contributed by atoms with Crippen LogP contribution in [0.2, 0.25) is 0 Å². The smallest absolute Gasteiger partial charge is 0.407 e. The van der Waals surface area contributed by atoms with Crippen molar-refractivity contribution in [2.24, 2.45) is 0 Å². The van der Waals surface area contributed by atoms with Crippen molar-refractivity contribution in [2.45, 2.75) is 45.3 Å². The highest BCUT2D eigenvalue weighted by molar-refractivity contribution is 5.87. The maximum atomic E-state index is 12.4. The molecule has 0 unspecified atom stereocenters. The minimum atomic E-state index is -0.505. The number of carbonyl (C=O) groups is 2. The number of amides is 1. The number of benzene rings is 3. The first-order valence-electron chi connectivity index (χ1n) is 12.8. The highest BCUT2D eigenvalue weighted by Crippen LogP contribution is 2.49. The van der Waals surface area contributed by atoms with Crippen LogP contribution in [-0.4, -0.2) is 23.8 Å². The SMILES string of the molecule is CCOC(=O)C1(c2ccc(-c3ccc(-c4onc(C)c4COC(=O)NCc4ccccc4)cc3)cc2)CC1. The molecule has 1 aliphatic rings.